The molecule has 1 aromatic rings. The number of amides is 1. The first-order chi connectivity index (χ1) is 11.8. The number of likely N-dealkylation sites (tertiary alicyclic amines) is 1. The lowest BCUT2D eigenvalue weighted by Crippen LogP contribution is -2.53. The molecule has 5 nitrogen and oxygen atoms in total. The molecule has 0 unspecified atom stereocenters. The second-order valence-electron chi connectivity index (χ2n) is 7.27. The number of hydrogen-bond acceptors (Lipinski definition) is 4. The smallest absolute Gasteiger partial charge is 0.225 e. The number of halogens is 1. The Morgan fingerprint density at radius 2 is 2.12 bits per heavy atom. The molecular weight excluding hydrogens is 323 g/mol. The molecule has 1 saturated heterocycles. The van der Waals surface area contributed by atoms with Crippen molar-refractivity contribution in [1.82, 2.24) is 10.2 Å². The summed E-state index contributed by atoms with van der Waals surface area (Å²) >= 11 is 0. The number of benzene rings is 1. The van der Waals surface area contributed by atoms with Crippen LogP contribution in [0.4, 0.5) is 4.39 Å². The summed E-state index contributed by atoms with van der Waals surface area (Å²) in [6, 6.07) is 4.98. The van der Waals surface area contributed by atoms with Crippen molar-refractivity contribution in [3.8, 4) is 5.75 Å². The van der Waals surface area contributed by atoms with Crippen LogP contribution in [-0.4, -0.2) is 48.3 Å². The van der Waals surface area contributed by atoms with Gasteiger partial charge in [0, 0.05) is 37.8 Å². The van der Waals surface area contributed by atoms with Gasteiger partial charge in [0.2, 0.25) is 5.91 Å². The van der Waals surface area contributed by atoms with E-state index in [4.69, 9.17) is 4.74 Å². The van der Waals surface area contributed by atoms with Crippen LogP contribution in [0.1, 0.15) is 32.8 Å². The molecule has 0 spiro atoms. The largest absolute Gasteiger partial charge is 0.493 e. The quantitative estimate of drug-likeness (QED) is 0.715. The molecular formula is C19H29FN2O3. The highest BCUT2D eigenvalue weighted by molar-refractivity contribution is 5.80. The summed E-state index contributed by atoms with van der Waals surface area (Å²) in [5, 5.41) is 11.9. The van der Waals surface area contributed by atoms with Crippen LogP contribution >= 0.6 is 0 Å². The van der Waals surface area contributed by atoms with Gasteiger partial charge in [0.15, 0.2) is 0 Å². The highest BCUT2D eigenvalue weighted by atomic mass is 19.1. The number of aliphatic hydroxyl groups excluding tert-OH is 1. The van der Waals surface area contributed by atoms with E-state index >= 15 is 0 Å². The third kappa shape index (κ3) is 6.29. The summed E-state index contributed by atoms with van der Waals surface area (Å²) < 4.78 is 19.8. The minimum absolute atomic E-state index is 0.0495. The molecule has 2 N–H and O–H groups in total. The Morgan fingerprint density at radius 3 is 2.72 bits per heavy atom. The number of nitrogens with one attached hydrogen (secondary N) is 1. The Morgan fingerprint density at radius 1 is 1.40 bits per heavy atom. The molecule has 0 aliphatic carbocycles. The van der Waals surface area contributed by atoms with Gasteiger partial charge in [-0.15, -0.1) is 0 Å². The Bertz CT molecular complexity index is 572. The Kier molecular flexibility index (Phi) is 7.20. The number of rotatable bonds is 9. The lowest BCUT2D eigenvalue weighted by atomic mass is 9.98. The van der Waals surface area contributed by atoms with Crippen molar-refractivity contribution in [3.05, 3.63) is 29.6 Å². The zero-order valence-corrected chi connectivity index (χ0v) is 15.3. The molecule has 6 heteroatoms. The Balaban J connectivity index is 1.75. The summed E-state index contributed by atoms with van der Waals surface area (Å²) in [6.07, 6.45) is 0.394. The summed E-state index contributed by atoms with van der Waals surface area (Å²) in [5.74, 6) is 0.707. The van der Waals surface area contributed by atoms with Crippen LogP contribution < -0.4 is 10.1 Å². The fourth-order valence-corrected chi connectivity index (χ4v) is 2.66. The molecule has 0 bridgehead atoms. The molecule has 1 amide bonds. The van der Waals surface area contributed by atoms with Crippen LogP contribution in [0.25, 0.3) is 0 Å². The molecule has 1 fully saturated rings. The van der Waals surface area contributed by atoms with Gasteiger partial charge in [-0.05, 0) is 25.3 Å². The zero-order chi connectivity index (χ0) is 18.4. The second-order valence-corrected chi connectivity index (χ2v) is 7.27. The average molecular weight is 352 g/mol. The van der Waals surface area contributed by atoms with Crippen molar-refractivity contribution in [2.75, 3.05) is 26.2 Å². The molecule has 1 heterocycles. The molecule has 140 valence electrons. The maximum Gasteiger partial charge on any atom is 0.225 e. The first kappa shape index (κ1) is 19.7. The minimum Gasteiger partial charge on any atom is -0.493 e. The monoisotopic (exact) mass is 352 g/mol. The summed E-state index contributed by atoms with van der Waals surface area (Å²) in [5.41, 5.74) is 0.610. The van der Waals surface area contributed by atoms with Crippen molar-refractivity contribution in [3.63, 3.8) is 0 Å². The lowest BCUT2D eigenvalue weighted by Gasteiger charge is -2.38. The van der Waals surface area contributed by atoms with Gasteiger partial charge >= 0.3 is 0 Å². The van der Waals surface area contributed by atoms with Crippen LogP contribution in [0.3, 0.4) is 0 Å². The first-order valence-electron chi connectivity index (χ1n) is 8.94. The van der Waals surface area contributed by atoms with Gasteiger partial charge in [-0.2, -0.15) is 0 Å². The van der Waals surface area contributed by atoms with Gasteiger partial charge in [-0.3, -0.25) is 9.69 Å². The number of nitrogens with zero attached hydrogens (tertiary/aromatic N) is 1. The van der Waals surface area contributed by atoms with Crippen LogP contribution in [0.5, 0.6) is 5.75 Å². The van der Waals surface area contributed by atoms with Crippen LogP contribution in [0.15, 0.2) is 18.2 Å². The second kappa shape index (κ2) is 9.15. The predicted molar refractivity (Wildman–Crippen MR) is 94.8 cm³/mol. The van der Waals surface area contributed by atoms with Crippen LogP contribution in [0, 0.1) is 17.7 Å². The van der Waals surface area contributed by atoms with E-state index in [0.29, 0.717) is 43.5 Å². The molecule has 0 radical (unpaired) electrons. The number of ether oxygens (including phenoxy) is 1. The van der Waals surface area contributed by atoms with Crippen LogP contribution in [0.2, 0.25) is 0 Å². The van der Waals surface area contributed by atoms with Gasteiger partial charge < -0.3 is 15.2 Å². The van der Waals surface area contributed by atoms with E-state index in [1.807, 2.05) is 4.90 Å². The van der Waals surface area contributed by atoms with Crippen molar-refractivity contribution >= 4 is 5.91 Å². The molecule has 0 aromatic heterocycles. The molecule has 25 heavy (non-hydrogen) atoms. The minimum atomic E-state index is -0.546. The zero-order valence-electron chi connectivity index (χ0n) is 15.3. The summed E-state index contributed by atoms with van der Waals surface area (Å²) in [4.78, 5) is 13.9. The highest BCUT2D eigenvalue weighted by Gasteiger charge is 2.32. The normalized spacial score (nSPS) is 16.6. The van der Waals surface area contributed by atoms with Gasteiger partial charge in [0.1, 0.15) is 11.6 Å². The molecule has 2 rings (SSSR count). The topological polar surface area (TPSA) is 61.8 Å². The molecule has 0 saturated carbocycles. The molecule has 1 atom stereocenters. The van der Waals surface area contributed by atoms with Gasteiger partial charge in [0.25, 0.3) is 0 Å². The number of hydrogen-bond donors (Lipinski definition) is 2. The maximum absolute atomic E-state index is 14.2. The van der Waals surface area contributed by atoms with E-state index in [0.717, 1.165) is 6.42 Å². The van der Waals surface area contributed by atoms with Gasteiger partial charge in [0.05, 0.1) is 18.6 Å². The highest BCUT2D eigenvalue weighted by Crippen LogP contribution is 2.23. The van der Waals surface area contributed by atoms with E-state index in [1.165, 1.54) is 6.07 Å². The number of carbonyl (C=O) groups is 1. The Hall–Kier alpha value is -1.66. The van der Waals surface area contributed by atoms with E-state index in [-0.39, 0.29) is 24.2 Å². The predicted octanol–water partition coefficient (Wildman–Crippen LogP) is 2.18. The van der Waals surface area contributed by atoms with E-state index in [1.54, 1.807) is 19.1 Å². The standard InChI is InChI=1S/C19H29FN2O3/c1-13(2)6-7-25-17-5-4-15(18(20)8-17)10-22-11-16(12-22)19(24)21-9-14(3)23/h4-5,8,13-14,16,23H,6-7,9-12H2,1-3H3,(H,21,24)/t14-/m0/s1. The van der Waals surface area contributed by atoms with Crippen molar-refractivity contribution in [1.29, 1.82) is 0 Å². The van der Waals surface area contributed by atoms with Gasteiger partial charge in [-0.1, -0.05) is 19.9 Å². The van der Waals surface area contributed by atoms with Crippen molar-refractivity contribution < 1.29 is 19.0 Å². The SMILES string of the molecule is CC(C)CCOc1ccc(CN2CC(C(=O)NC[C@H](C)O)C2)c(F)c1. The van der Waals surface area contributed by atoms with E-state index < -0.39 is 6.10 Å². The number of aliphatic hydroxyl groups is 1. The first-order valence-corrected chi connectivity index (χ1v) is 8.94. The summed E-state index contributed by atoms with van der Waals surface area (Å²) in [7, 11) is 0. The third-order valence-electron chi connectivity index (χ3n) is 4.28. The average Bonchev–Trinajstić information content (AvgIpc) is 2.49. The molecule has 1 aliphatic rings. The third-order valence-corrected chi connectivity index (χ3v) is 4.28. The molecule has 1 aromatic carbocycles. The fourth-order valence-electron chi connectivity index (χ4n) is 2.66. The maximum atomic E-state index is 14.2. The Labute approximate surface area is 149 Å². The molecule has 1 aliphatic heterocycles. The van der Waals surface area contributed by atoms with E-state index in [2.05, 4.69) is 19.2 Å². The number of carbonyl (C=O) groups excluding carboxylic acids is 1. The summed E-state index contributed by atoms with van der Waals surface area (Å²) in [6.45, 7) is 8.43. The van der Waals surface area contributed by atoms with Crippen LogP contribution in [-0.2, 0) is 11.3 Å². The van der Waals surface area contributed by atoms with E-state index in [9.17, 15) is 14.3 Å². The van der Waals surface area contributed by atoms with Crippen molar-refractivity contribution in [2.24, 2.45) is 11.8 Å². The van der Waals surface area contributed by atoms with Gasteiger partial charge in [-0.25, -0.2) is 4.39 Å². The fraction of sp³-hybridized carbons (Fsp3) is 0.632. The van der Waals surface area contributed by atoms with Crippen molar-refractivity contribution in [2.45, 2.75) is 39.8 Å². The lowest BCUT2D eigenvalue weighted by molar-refractivity contribution is -0.130.